The van der Waals surface area contributed by atoms with Crippen LogP contribution in [0, 0.1) is 0 Å². The lowest BCUT2D eigenvalue weighted by Gasteiger charge is -2.01. The number of hydrogen-bond acceptors (Lipinski definition) is 3. The zero-order valence-corrected chi connectivity index (χ0v) is 8.06. The average molecular weight is 179 g/mol. The van der Waals surface area contributed by atoms with E-state index >= 15 is 0 Å². The summed E-state index contributed by atoms with van der Waals surface area (Å²) >= 11 is 0. The molecule has 70 valence electrons. The number of aromatic nitrogens is 2. The fourth-order valence-corrected chi connectivity index (χ4v) is 0.842. The van der Waals surface area contributed by atoms with Crippen LogP contribution in [0.1, 0.15) is 10.5 Å². The lowest BCUT2D eigenvalue weighted by molar-refractivity contribution is 0.104. The summed E-state index contributed by atoms with van der Waals surface area (Å²) in [6.07, 6.45) is 6.51. The van der Waals surface area contributed by atoms with Crippen molar-refractivity contribution < 1.29 is 4.79 Å². The van der Waals surface area contributed by atoms with Gasteiger partial charge >= 0.3 is 0 Å². The Hall–Kier alpha value is -1.58. The zero-order valence-electron chi connectivity index (χ0n) is 8.06. The minimum absolute atomic E-state index is 0.0747. The first-order valence-electron chi connectivity index (χ1n) is 3.96. The highest BCUT2D eigenvalue weighted by Crippen LogP contribution is 1.97. The molecule has 0 aromatic carbocycles. The smallest absolute Gasteiger partial charge is 0.207 e. The fourth-order valence-electron chi connectivity index (χ4n) is 0.842. The zero-order chi connectivity index (χ0) is 9.84. The van der Waals surface area contributed by atoms with E-state index in [1.54, 1.807) is 28.2 Å². The number of aryl methyl sites for hydroxylation is 1. The maximum Gasteiger partial charge on any atom is 0.207 e. The maximum atomic E-state index is 11.4. The molecule has 4 nitrogen and oxygen atoms in total. The molecule has 0 bridgehead atoms. The van der Waals surface area contributed by atoms with Crippen LogP contribution in [0.4, 0.5) is 0 Å². The predicted octanol–water partition coefficient (Wildman–Crippen LogP) is 0.678. The molecule has 1 aromatic rings. The monoisotopic (exact) mass is 179 g/mol. The molecule has 1 aromatic heterocycles. The van der Waals surface area contributed by atoms with Crippen LogP contribution in [0.5, 0.6) is 0 Å². The van der Waals surface area contributed by atoms with E-state index in [0.717, 1.165) is 0 Å². The fraction of sp³-hybridized carbons (Fsp3) is 0.333. The molecule has 0 radical (unpaired) electrons. The van der Waals surface area contributed by atoms with E-state index in [4.69, 9.17) is 0 Å². The van der Waals surface area contributed by atoms with Crippen LogP contribution in [0.25, 0.3) is 0 Å². The lowest BCUT2D eigenvalue weighted by atomic mass is 10.3. The van der Waals surface area contributed by atoms with Gasteiger partial charge in [-0.3, -0.25) is 4.79 Å². The third kappa shape index (κ3) is 2.74. The second-order valence-corrected chi connectivity index (χ2v) is 3.07. The van der Waals surface area contributed by atoms with Gasteiger partial charge in [-0.05, 0) is 0 Å². The van der Waals surface area contributed by atoms with Gasteiger partial charge in [-0.1, -0.05) is 0 Å². The van der Waals surface area contributed by atoms with Crippen LogP contribution in [-0.4, -0.2) is 34.3 Å². The van der Waals surface area contributed by atoms with Crippen LogP contribution in [0.3, 0.4) is 0 Å². The minimum atomic E-state index is -0.0747. The van der Waals surface area contributed by atoms with Crippen molar-refractivity contribution in [1.29, 1.82) is 0 Å². The summed E-state index contributed by atoms with van der Waals surface area (Å²) in [5.41, 5.74) is 0.473. The number of allylic oxidation sites excluding steroid dienone is 1. The summed E-state index contributed by atoms with van der Waals surface area (Å²) in [7, 11) is 5.56. The molecule has 0 fully saturated rings. The Balaban J connectivity index is 2.69. The predicted molar refractivity (Wildman–Crippen MR) is 50.4 cm³/mol. The molecule has 0 spiro atoms. The van der Waals surface area contributed by atoms with Gasteiger partial charge < -0.3 is 9.47 Å². The minimum Gasteiger partial charge on any atom is -0.383 e. The topological polar surface area (TPSA) is 38.1 Å². The van der Waals surface area contributed by atoms with Crippen molar-refractivity contribution in [3.63, 3.8) is 0 Å². The summed E-state index contributed by atoms with van der Waals surface area (Å²) < 4.78 is 1.75. The van der Waals surface area contributed by atoms with Crippen molar-refractivity contribution >= 4 is 5.78 Å². The number of hydrogen-bond donors (Lipinski definition) is 0. The molecule has 0 aliphatic rings. The van der Waals surface area contributed by atoms with E-state index in [1.165, 1.54) is 6.08 Å². The number of carbonyl (C=O) groups excluding carboxylic acids is 1. The standard InChI is InChI=1S/C9H13N3O/c1-11(2)5-4-9(13)8-6-12(3)7-10-8/h4-7H,1-3H3. The van der Waals surface area contributed by atoms with E-state index in [9.17, 15) is 4.79 Å². The molecule has 0 amide bonds. The Kier molecular flexibility index (Phi) is 2.84. The first kappa shape index (κ1) is 9.51. The van der Waals surface area contributed by atoms with Gasteiger partial charge in [0, 0.05) is 39.6 Å². The van der Waals surface area contributed by atoms with Gasteiger partial charge in [0.1, 0.15) is 5.69 Å². The van der Waals surface area contributed by atoms with Gasteiger partial charge in [-0.25, -0.2) is 4.98 Å². The molecule has 0 N–H and O–H groups in total. The lowest BCUT2D eigenvalue weighted by Crippen LogP contribution is -2.03. The van der Waals surface area contributed by atoms with E-state index in [-0.39, 0.29) is 5.78 Å². The highest BCUT2D eigenvalue weighted by molar-refractivity contribution is 6.02. The highest BCUT2D eigenvalue weighted by Gasteiger charge is 2.03. The number of ketones is 1. The molecule has 0 saturated heterocycles. The van der Waals surface area contributed by atoms with Crippen molar-refractivity contribution in [2.24, 2.45) is 7.05 Å². The van der Waals surface area contributed by atoms with Crippen LogP contribution in [0.2, 0.25) is 0 Å². The molecule has 0 saturated carbocycles. The van der Waals surface area contributed by atoms with Gasteiger partial charge in [0.05, 0.1) is 6.33 Å². The maximum absolute atomic E-state index is 11.4. The third-order valence-corrected chi connectivity index (χ3v) is 1.48. The SMILES string of the molecule is CN(C)C=CC(=O)c1cn(C)cn1. The van der Waals surface area contributed by atoms with E-state index in [1.807, 2.05) is 21.1 Å². The summed E-state index contributed by atoms with van der Waals surface area (Å²) in [5, 5.41) is 0. The molecule has 0 unspecified atom stereocenters. The largest absolute Gasteiger partial charge is 0.383 e. The summed E-state index contributed by atoms with van der Waals surface area (Å²) in [5.74, 6) is -0.0747. The van der Waals surface area contributed by atoms with Crippen LogP contribution >= 0.6 is 0 Å². The third-order valence-electron chi connectivity index (χ3n) is 1.48. The van der Waals surface area contributed by atoms with Gasteiger partial charge in [-0.15, -0.1) is 0 Å². The quantitative estimate of drug-likeness (QED) is 0.506. The molecule has 0 aliphatic carbocycles. The average Bonchev–Trinajstić information content (AvgIpc) is 2.47. The Labute approximate surface area is 77.5 Å². The molecule has 4 heteroatoms. The molecular formula is C9H13N3O. The van der Waals surface area contributed by atoms with Crippen molar-refractivity contribution in [3.8, 4) is 0 Å². The summed E-state index contributed by atoms with van der Waals surface area (Å²) in [6.45, 7) is 0. The molecule has 13 heavy (non-hydrogen) atoms. The van der Waals surface area contributed by atoms with Gasteiger partial charge in [0.2, 0.25) is 5.78 Å². The van der Waals surface area contributed by atoms with E-state index in [0.29, 0.717) is 5.69 Å². The first-order valence-corrected chi connectivity index (χ1v) is 3.96. The van der Waals surface area contributed by atoms with Crippen molar-refractivity contribution in [1.82, 2.24) is 14.5 Å². The van der Waals surface area contributed by atoms with Crippen molar-refractivity contribution in [3.05, 3.63) is 30.5 Å². The highest BCUT2D eigenvalue weighted by atomic mass is 16.1. The Morgan fingerprint density at radius 2 is 2.31 bits per heavy atom. The number of imidazole rings is 1. The van der Waals surface area contributed by atoms with E-state index < -0.39 is 0 Å². The van der Waals surface area contributed by atoms with Crippen LogP contribution in [-0.2, 0) is 7.05 Å². The van der Waals surface area contributed by atoms with Gasteiger partial charge in [0.25, 0.3) is 0 Å². The van der Waals surface area contributed by atoms with Crippen molar-refractivity contribution in [2.45, 2.75) is 0 Å². The Bertz CT molecular complexity index is 325. The normalized spacial score (nSPS) is 10.7. The van der Waals surface area contributed by atoms with Crippen LogP contribution in [0.15, 0.2) is 24.8 Å². The second-order valence-electron chi connectivity index (χ2n) is 3.07. The summed E-state index contributed by atoms with van der Waals surface area (Å²) in [6, 6.07) is 0. The van der Waals surface area contributed by atoms with E-state index in [2.05, 4.69) is 4.98 Å². The molecule has 1 rings (SSSR count). The molecule has 1 heterocycles. The Morgan fingerprint density at radius 1 is 1.62 bits per heavy atom. The molecule has 0 atom stereocenters. The molecule has 0 aliphatic heterocycles. The van der Waals surface area contributed by atoms with Crippen molar-refractivity contribution in [2.75, 3.05) is 14.1 Å². The first-order chi connectivity index (χ1) is 6.09. The number of nitrogens with zero attached hydrogens (tertiary/aromatic N) is 3. The Morgan fingerprint density at radius 3 is 2.77 bits per heavy atom. The number of carbonyl (C=O) groups is 1. The number of rotatable bonds is 3. The second kappa shape index (κ2) is 3.89. The van der Waals surface area contributed by atoms with Gasteiger partial charge in [0.15, 0.2) is 0 Å². The molecular weight excluding hydrogens is 166 g/mol. The summed E-state index contributed by atoms with van der Waals surface area (Å²) in [4.78, 5) is 17.1. The van der Waals surface area contributed by atoms with Gasteiger partial charge in [-0.2, -0.15) is 0 Å². The van der Waals surface area contributed by atoms with Crippen LogP contribution < -0.4 is 0 Å².